The molecular formula is C45H54N14O12S4. The maximum Gasteiger partial charge on any atom is 0.299 e. The average Bonchev–Trinajstić information content (AvgIpc) is 4.01. The summed E-state index contributed by atoms with van der Waals surface area (Å²) in [7, 11) is -3.90. The van der Waals surface area contributed by atoms with Crippen molar-refractivity contribution < 1.29 is 55.1 Å². The van der Waals surface area contributed by atoms with E-state index in [9.17, 15) is 36.2 Å². The summed E-state index contributed by atoms with van der Waals surface area (Å²) in [6, 6.07) is 12.6. The number of nitrogens with one attached hydrogen (secondary N) is 2. The Kier molecular flexibility index (Phi) is 17.8. The molecule has 4 aromatic carbocycles. The summed E-state index contributed by atoms with van der Waals surface area (Å²) in [6.45, 7) is 9.69. The first-order valence-corrected chi connectivity index (χ1v) is 27.4. The molecule has 3 aromatic heterocycles. The average molecular weight is 1110 g/mol. The smallest absolute Gasteiger partial charge is 0.299 e. The third kappa shape index (κ3) is 12.3. The van der Waals surface area contributed by atoms with E-state index in [1.807, 2.05) is 37.5 Å². The van der Waals surface area contributed by atoms with Crippen LogP contribution in [0.4, 0.5) is 62.2 Å². The first-order valence-electron chi connectivity index (χ1n) is 22.9. The second-order valence-corrected chi connectivity index (χ2v) is 20.3. The van der Waals surface area contributed by atoms with Crippen LogP contribution in [0.15, 0.2) is 78.8 Å². The molecule has 0 saturated heterocycles. The number of thiazole rings is 2. The number of aliphatic hydroxyl groups excluding tert-OH is 2. The number of methoxy groups -OCH3 is 4. The fourth-order valence-electron chi connectivity index (χ4n) is 7.81. The van der Waals surface area contributed by atoms with E-state index in [1.165, 1.54) is 52.7 Å². The molecule has 6 N–H and O–H groups in total. The van der Waals surface area contributed by atoms with E-state index in [0.717, 1.165) is 22.7 Å². The Morgan fingerprint density at radius 3 is 1.25 bits per heavy atom. The summed E-state index contributed by atoms with van der Waals surface area (Å²) < 4.78 is 92.4. The Morgan fingerprint density at radius 2 is 0.920 bits per heavy atom. The van der Waals surface area contributed by atoms with Gasteiger partial charge >= 0.3 is 0 Å². The van der Waals surface area contributed by atoms with Gasteiger partial charge in [0, 0.05) is 51.4 Å². The second-order valence-electron chi connectivity index (χ2n) is 15.6. The van der Waals surface area contributed by atoms with Crippen molar-refractivity contribution in [3.05, 3.63) is 48.5 Å². The highest BCUT2D eigenvalue weighted by Gasteiger charge is 2.26. The Labute approximate surface area is 439 Å². The number of aromatic nitrogens is 5. The largest absolute Gasteiger partial charge is 0.495 e. The van der Waals surface area contributed by atoms with Crippen molar-refractivity contribution in [1.82, 2.24) is 24.9 Å². The summed E-state index contributed by atoms with van der Waals surface area (Å²) in [5, 5.41) is 44.7. The Hall–Kier alpha value is -7.19. The van der Waals surface area contributed by atoms with Crippen molar-refractivity contribution in [3.8, 4) is 23.0 Å². The van der Waals surface area contributed by atoms with Gasteiger partial charge in [0.2, 0.25) is 28.1 Å². The molecule has 0 amide bonds. The molecule has 26 nitrogen and oxygen atoms in total. The summed E-state index contributed by atoms with van der Waals surface area (Å²) in [5.74, 6) is 0.673. The van der Waals surface area contributed by atoms with Crippen LogP contribution in [0.25, 0.3) is 20.4 Å². The van der Waals surface area contributed by atoms with Gasteiger partial charge in [-0.2, -0.15) is 31.8 Å². The van der Waals surface area contributed by atoms with Gasteiger partial charge in [-0.05, 0) is 64.1 Å². The molecule has 0 atom stereocenters. The maximum atomic E-state index is 12.5. The van der Waals surface area contributed by atoms with E-state index in [1.54, 1.807) is 29.2 Å². The minimum Gasteiger partial charge on any atom is -0.495 e. The lowest BCUT2D eigenvalue weighted by Gasteiger charge is -2.25. The van der Waals surface area contributed by atoms with Crippen molar-refractivity contribution in [1.29, 1.82) is 0 Å². The van der Waals surface area contributed by atoms with E-state index in [-0.39, 0.29) is 97.7 Å². The first-order chi connectivity index (χ1) is 35.9. The van der Waals surface area contributed by atoms with Crippen LogP contribution in [-0.4, -0.2) is 142 Å². The summed E-state index contributed by atoms with van der Waals surface area (Å²) in [4.78, 5) is 27.8. The number of anilines is 7. The van der Waals surface area contributed by atoms with Gasteiger partial charge in [-0.25, -0.2) is 9.97 Å². The standard InChI is InChI=1S/C45H54N14O12S4/c1-9-57(10-2)31-21-27(29(23-35(31)70-7)53-55-44-48-25-13-15-33(68-5)39(37(25)72-44)74(62,63)64)46-41-50-42(52-43(51-41)59(17-19-60)18-20-61)47-28-22-32(58(11-3)12-4)36(71-8)24-30(28)54-56-45-49-26-14-16-34(69-6)40(38(26)73-45)75(65,66)67/h13-16,21-24,60-61H,9-12,17-20H2,1-8H3,(H,62,63,64)(H,65,66,67)(H2,46,47,50,51,52)/b55-53+,56-54+. The zero-order valence-electron chi connectivity index (χ0n) is 41.8. The van der Waals surface area contributed by atoms with Crippen LogP contribution in [-0.2, 0) is 20.2 Å². The Bertz CT molecular complexity index is 3260. The van der Waals surface area contributed by atoms with Crippen LogP contribution in [0, 0.1) is 0 Å². The summed E-state index contributed by atoms with van der Waals surface area (Å²) in [5.41, 5.74) is 2.82. The fourth-order valence-corrected chi connectivity index (χ4v) is 11.8. The van der Waals surface area contributed by atoms with Gasteiger partial charge in [-0.15, -0.1) is 20.5 Å². The fraction of sp³-hybridized carbons (Fsp3) is 0.356. The number of aliphatic hydroxyl groups is 2. The number of azo groups is 2. The van der Waals surface area contributed by atoms with Crippen molar-refractivity contribution >= 4 is 126 Å². The quantitative estimate of drug-likeness (QED) is 0.0231. The van der Waals surface area contributed by atoms with Gasteiger partial charge in [0.1, 0.15) is 34.4 Å². The molecule has 7 rings (SSSR count). The number of nitrogens with zero attached hydrogens (tertiary/aromatic N) is 12. The minimum atomic E-state index is -4.74. The van der Waals surface area contributed by atoms with Gasteiger partial charge in [0.15, 0.2) is 9.79 Å². The van der Waals surface area contributed by atoms with Gasteiger partial charge < -0.3 is 54.5 Å². The summed E-state index contributed by atoms with van der Waals surface area (Å²) >= 11 is 1.73. The molecule has 0 aliphatic carbocycles. The van der Waals surface area contributed by atoms with Crippen LogP contribution in [0.5, 0.6) is 23.0 Å². The predicted molar refractivity (Wildman–Crippen MR) is 286 cm³/mol. The third-order valence-corrected chi connectivity index (χ3v) is 15.4. The molecule has 0 bridgehead atoms. The van der Waals surface area contributed by atoms with E-state index < -0.39 is 30.0 Å². The Balaban J connectivity index is 1.38. The zero-order chi connectivity index (χ0) is 54.2. The molecule has 3 heterocycles. The molecule has 0 spiro atoms. The molecule has 7 aromatic rings. The number of hydrogen-bond donors (Lipinski definition) is 6. The lowest BCUT2D eigenvalue weighted by atomic mass is 10.2. The topological polar surface area (TPSA) is 334 Å². The highest BCUT2D eigenvalue weighted by Crippen LogP contribution is 2.45. The van der Waals surface area contributed by atoms with Gasteiger partial charge in [0.25, 0.3) is 20.2 Å². The molecule has 400 valence electrons. The molecule has 0 radical (unpaired) electrons. The highest BCUT2D eigenvalue weighted by molar-refractivity contribution is 7.86. The lowest BCUT2D eigenvalue weighted by Crippen LogP contribution is -2.31. The van der Waals surface area contributed by atoms with E-state index in [4.69, 9.17) is 33.9 Å². The van der Waals surface area contributed by atoms with Crippen molar-refractivity contribution in [3.63, 3.8) is 0 Å². The van der Waals surface area contributed by atoms with Crippen LogP contribution in [0.2, 0.25) is 0 Å². The SMILES string of the molecule is CCN(CC)c1cc(Nc2nc(Nc3cc(N(CC)CC)c(OC)cc3/N=N/c3nc4ccc(OC)c(S(=O)(=O)O)c4s3)nc(N(CCO)CCO)n2)c(/N=N/c2nc3ccc(OC)c(S(=O)(=O)O)c3s2)cc1OC. The second kappa shape index (κ2) is 24.0. The van der Waals surface area contributed by atoms with Crippen LogP contribution in [0.3, 0.4) is 0 Å². The van der Waals surface area contributed by atoms with Crippen LogP contribution >= 0.6 is 22.7 Å². The third-order valence-electron chi connectivity index (χ3n) is 11.3. The molecule has 0 saturated carbocycles. The maximum absolute atomic E-state index is 12.5. The molecule has 0 aliphatic heterocycles. The molecule has 0 fully saturated rings. The number of benzene rings is 4. The normalized spacial score (nSPS) is 12.0. The number of ether oxygens (including phenoxy) is 4. The molecule has 0 unspecified atom stereocenters. The van der Waals surface area contributed by atoms with E-state index in [2.05, 4.69) is 41.1 Å². The minimum absolute atomic E-state index is 0.0202. The number of rotatable bonds is 25. The van der Waals surface area contributed by atoms with Crippen LogP contribution < -0.4 is 44.3 Å². The van der Waals surface area contributed by atoms with Gasteiger partial charge in [-0.1, -0.05) is 22.7 Å². The predicted octanol–water partition coefficient (Wildman–Crippen LogP) is 8.42. The first kappa shape index (κ1) is 55.6. The van der Waals surface area contributed by atoms with Crippen molar-refractivity contribution in [2.75, 3.05) is 106 Å². The van der Waals surface area contributed by atoms with E-state index in [0.29, 0.717) is 60.4 Å². The monoisotopic (exact) mass is 1110 g/mol. The summed E-state index contributed by atoms with van der Waals surface area (Å²) in [6.07, 6.45) is 0. The molecule has 30 heteroatoms. The van der Waals surface area contributed by atoms with Crippen molar-refractivity contribution in [2.24, 2.45) is 20.5 Å². The van der Waals surface area contributed by atoms with Crippen LogP contribution in [0.1, 0.15) is 27.7 Å². The van der Waals surface area contributed by atoms with E-state index >= 15 is 0 Å². The molecule has 0 aliphatic rings. The Morgan fingerprint density at radius 1 is 0.533 bits per heavy atom. The number of fused-ring (bicyclic) bond motifs is 2. The van der Waals surface area contributed by atoms with Gasteiger partial charge in [0.05, 0.1) is 84.8 Å². The number of hydrogen-bond acceptors (Lipinski definition) is 26. The highest BCUT2D eigenvalue weighted by atomic mass is 32.2. The van der Waals surface area contributed by atoms with Crippen molar-refractivity contribution in [2.45, 2.75) is 37.5 Å². The lowest BCUT2D eigenvalue weighted by molar-refractivity contribution is 0.280. The zero-order valence-corrected chi connectivity index (χ0v) is 45.1. The van der Waals surface area contributed by atoms with Gasteiger partial charge in [-0.3, -0.25) is 9.11 Å². The molecular weight excluding hydrogens is 1060 g/mol. The molecule has 75 heavy (non-hydrogen) atoms.